The van der Waals surface area contributed by atoms with Crippen molar-refractivity contribution in [3.63, 3.8) is 0 Å². The zero-order valence-corrected chi connectivity index (χ0v) is 27.2. The molecule has 2 aliphatic rings. The van der Waals surface area contributed by atoms with Crippen molar-refractivity contribution in [2.24, 2.45) is 0 Å². The van der Waals surface area contributed by atoms with E-state index in [9.17, 15) is 41.5 Å². The normalized spacial score (nSPS) is 15.4. The Balaban J connectivity index is 1.57. The predicted octanol–water partition coefficient (Wildman–Crippen LogP) is 5.11. The van der Waals surface area contributed by atoms with Crippen molar-refractivity contribution < 1.29 is 41.5 Å². The molecule has 0 saturated carbocycles. The number of aromatic carboxylic acids is 2. The van der Waals surface area contributed by atoms with Crippen LogP contribution < -0.4 is 9.80 Å². The SMILES string of the molecule is O=C(O)c1ccc(-c2c3cc4c(cc3cc3cc5c(cc23)CCCN5CCCS(=O)(=O)O)N(CCCS(=O)[O-])CCC4)c(C(=O)O)c1. The first-order valence-electron chi connectivity index (χ1n) is 15.6. The second-order valence-electron chi connectivity index (χ2n) is 12.2. The molecular weight excluding hydrogens is 645 g/mol. The van der Waals surface area contributed by atoms with Crippen LogP contribution in [0.3, 0.4) is 0 Å². The number of aryl methyl sites for hydroxylation is 2. The minimum absolute atomic E-state index is 0.0738. The van der Waals surface area contributed by atoms with E-state index in [0.29, 0.717) is 30.6 Å². The smallest absolute Gasteiger partial charge is 0.336 e. The van der Waals surface area contributed by atoms with Gasteiger partial charge in [-0.3, -0.25) is 8.76 Å². The Kier molecular flexibility index (Phi) is 9.25. The van der Waals surface area contributed by atoms with Gasteiger partial charge in [0.25, 0.3) is 10.1 Å². The molecule has 0 radical (unpaired) electrons. The van der Waals surface area contributed by atoms with Gasteiger partial charge < -0.3 is 24.6 Å². The van der Waals surface area contributed by atoms with E-state index in [4.69, 9.17) is 0 Å². The minimum Gasteiger partial charge on any atom is -0.772 e. The first kappa shape index (κ1) is 32.9. The number of carboxylic acid groups (broad SMARTS) is 2. The number of carbonyl (C=O) groups is 2. The molecule has 0 amide bonds. The van der Waals surface area contributed by atoms with E-state index in [1.54, 1.807) is 6.07 Å². The highest BCUT2D eigenvalue weighted by atomic mass is 32.2. The fourth-order valence-corrected chi connectivity index (χ4v) is 7.93. The largest absolute Gasteiger partial charge is 0.772 e. The molecule has 11 nitrogen and oxygen atoms in total. The number of nitrogens with zero attached hydrogens (tertiary/aromatic N) is 2. The molecule has 0 spiro atoms. The summed E-state index contributed by atoms with van der Waals surface area (Å²) < 4.78 is 54.4. The van der Waals surface area contributed by atoms with Crippen molar-refractivity contribution in [1.82, 2.24) is 0 Å². The van der Waals surface area contributed by atoms with E-state index in [0.717, 1.165) is 82.8 Å². The van der Waals surface area contributed by atoms with Gasteiger partial charge in [-0.1, -0.05) is 17.1 Å². The third kappa shape index (κ3) is 6.98. The maximum atomic E-state index is 12.6. The van der Waals surface area contributed by atoms with Gasteiger partial charge in [-0.15, -0.1) is 0 Å². The van der Waals surface area contributed by atoms with Crippen LogP contribution in [0.25, 0.3) is 32.7 Å². The molecule has 47 heavy (non-hydrogen) atoms. The Morgan fingerprint density at radius 2 is 1.38 bits per heavy atom. The second-order valence-corrected chi connectivity index (χ2v) is 14.8. The lowest BCUT2D eigenvalue weighted by Gasteiger charge is -2.33. The molecule has 0 saturated heterocycles. The lowest BCUT2D eigenvalue weighted by molar-refractivity contribution is 0.0696. The molecule has 6 rings (SSSR count). The topological polar surface area (TPSA) is 176 Å². The second kappa shape index (κ2) is 13.2. The van der Waals surface area contributed by atoms with Crippen LogP contribution in [0.1, 0.15) is 57.5 Å². The Morgan fingerprint density at radius 3 is 1.89 bits per heavy atom. The van der Waals surface area contributed by atoms with Crippen LogP contribution in [-0.2, 0) is 34.0 Å². The molecule has 2 heterocycles. The number of fused-ring (bicyclic) bond motifs is 4. The van der Waals surface area contributed by atoms with Gasteiger partial charge in [0.2, 0.25) is 0 Å². The van der Waals surface area contributed by atoms with Gasteiger partial charge in [-0.2, -0.15) is 8.42 Å². The van der Waals surface area contributed by atoms with Crippen LogP contribution in [0.2, 0.25) is 0 Å². The van der Waals surface area contributed by atoms with Gasteiger partial charge >= 0.3 is 11.9 Å². The molecule has 1 unspecified atom stereocenters. The van der Waals surface area contributed by atoms with E-state index >= 15 is 0 Å². The van der Waals surface area contributed by atoms with Crippen molar-refractivity contribution in [1.29, 1.82) is 0 Å². The molecular formula is C34H35N2O9S2-. The lowest BCUT2D eigenvalue weighted by Crippen LogP contribution is -2.31. The summed E-state index contributed by atoms with van der Waals surface area (Å²) >= 11 is -2.12. The molecule has 248 valence electrons. The van der Waals surface area contributed by atoms with Crippen LogP contribution in [0.5, 0.6) is 0 Å². The summed E-state index contributed by atoms with van der Waals surface area (Å²) in [4.78, 5) is 28.7. The molecule has 0 aromatic heterocycles. The molecule has 3 N–H and O–H groups in total. The Hall–Kier alpha value is -4.04. The van der Waals surface area contributed by atoms with Crippen molar-refractivity contribution in [2.75, 3.05) is 47.5 Å². The van der Waals surface area contributed by atoms with E-state index in [1.165, 1.54) is 12.1 Å². The summed E-state index contributed by atoms with van der Waals surface area (Å²) in [5, 5.41) is 23.3. The molecule has 4 aromatic carbocycles. The maximum absolute atomic E-state index is 12.6. The summed E-state index contributed by atoms with van der Waals surface area (Å²) in [6.45, 7) is 2.53. The Bertz CT molecular complexity index is 2050. The highest BCUT2D eigenvalue weighted by molar-refractivity contribution is 7.85. The summed E-state index contributed by atoms with van der Waals surface area (Å²) in [6.07, 6.45) is 4.06. The lowest BCUT2D eigenvalue weighted by atomic mass is 9.85. The zero-order valence-electron chi connectivity index (χ0n) is 25.6. The fourth-order valence-electron chi connectivity index (χ4n) is 7.07. The van der Waals surface area contributed by atoms with Crippen molar-refractivity contribution in [2.45, 2.75) is 38.5 Å². The number of hydrogen-bond acceptors (Lipinski definition) is 8. The fraction of sp³-hybridized carbons (Fsp3) is 0.353. The number of rotatable bonds is 11. The van der Waals surface area contributed by atoms with E-state index in [-0.39, 0.29) is 29.1 Å². The van der Waals surface area contributed by atoms with Crippen LogP contribution in [0.4, 0.5) is 11.4 Å². The van der Waals surface area contributed by atoms with E-state index in [2.05, 4.69) is 34.1 Å². The van der Waals surface area contributed by atoms with Crippen molar-refractivity contribution in [3.05, 3.63) is 70.8 Å². The average molecular weight is 680 g/mol. The Morgan fingerprint density at radius 1 is 0.809 bits per heavy atom. The summed E-state index contributed by atoms with van der Waals surface area (Å²) in [5.41, 5.74) is 4.94. The zero-order chi connectivity index (χ0) is 33.5. The monoisotopic (exact) mass is 679 g/mol. The maximum Gasteiger partial charge on any atom is 0.336 e. The first-order chi connectivity index (χ1) is 22.4. The summed E-state index contributed by atoms with van der Waals surface area (Å²) in [5.74, 6) is -2.72. The highest BCUT2D eigenvalue weighted by Crippen LogP contribution is 2.44. The molecule has 0 bridgehead atoms. The molecule has 13 heteroatoms. The van der Waals surface area contributed by atoms with Crippen molar-refractivity contribution >= 4 is 66.1 Å². The first-order valence-corrected chi connectivity index (χ1v) is 18.4. The highest BCUT2D eigenvalue weighted by Gasteiger charge is 2.25. The van der Waals surface area contributed by atoms with Gasteiger partial charge in [0.05, 0.1) is 16.9 Å². The predicted molar refractivity (Wildman–Crippen MR) is 181 cm³/mol. The van der Waals surface area contributed by atoms with Crippen LogP contribution in [0, 0.1) is 0 Å². The van der Waals surface area contributed by atoms with Crippen LogP contribution >= 0.6 is 0 Å². The van der Waals surface area contributed by atoms with Crippen molar-refractivity contribution in [3.8, 4) is 11.1 Å². The number of carboxylic acids is 2. The van der Waals surface area contributed by atoms with Gasteiger partial charge in [-0.05, 0) is 125 Å². The molecule has 0 fully saturated rings. The van der Waals surface area contributed by atoms with E-state index in [1.807, 2.05) is 6.07 Å². The summed E-state index contributed by atoms with van der Waals surface area (Å²) in [7, 11) is -4.09. The van der Waals surface area contributed by atoms with E-state index < -0.39 is 33.1 Å². The Labute approximate surface area is 274 Å². The standard InChI is InChI=1S/C34H36N2O9S2/c37-33(38)23-7-8-26(29(18-23)34(39)40)32-27-16-21-5-1-9-35(11-3-13-46(41)42)30(21)19-24(27)15-25-20-31-22(17-28(25)32)6-2-10-36(31)12-4-14-47(43,44)45/h7-8,15-20H,1-6,9-14H2,(H,37,38)(H,39,40)(H,41,42)(H,43,44,45)/p-1. The number of benzene rings is 4. The number of hydrogen-bond donors (Lipinski definition) is 3. The van der Waals surface area contributed by atoms with Gasteiger partial charge in [0, 0.05) is 43.3 Å². The van der Waals surface area contributed by atoms with Crippen LogP contribution in [0.15, 0.2) is 48.5 Å². The molecule has 2 aliphatic heterocycles. The third-order valence-electron chi connectivity index (χ3n) is 9.12. The molecule has 1 atom stereocenters. The quantitative estimate of drug-likeness (QED) is 0.109. The van der Waals surface area contributed by atoms with Gasteiger partial charge in [-0.25, -0.2) is 9.59 Å². The summed E-state index contributed by atoms with van der Waals surface area (Å²) in [6, 6.07) is 14.5. The number of anilines is 2. The third-order valence-corrected chi connectivity index (χ3v) is 10.5. The minimum atomic E-state index is -4.09. The van der Waals surface area contributed by atoms with Gasteiger partial charge in [0.15, 0.2) is 0 Å². The molecule has 4 aromatic rings. The molecule has 0 aliphatic carbocycles. The van der Waals surface area contributed by atoms with Crippen LogP contribution in [-0.4, -0.2) is 81.6 Å². The van der Waals surface area contributed by atoms with Gasteiger partial charge in [0.1, 0.15) is 0 Å². The average Bonchev–Trinajstić information content (AvgIpc) is 3.01.